The lowest BCUT2D eigenvalue weighted by atomic mass is 10.0. The van der Waals surface area contributed by atoms with Crippen molar-refractivity contribution >= 4 is 15.7 Å². The Hall–Kier alpha value is -1.14. The van der Waals surface area contributed by atoms with Gasteiger partial charge in [0.25, 0.3) is 0 Å². The molecular formula is C11H17FN2O2S. The van der Waals surface area contributed by atoms with E-state index in [0.717, 1.165) is 6.07 Å². The molecule has 0 radical (unpaired) electrons. The lowest BCUT2D eigenvalue weighted by Gasteiger charge is -2.24. The smallest absolute Gasteiger partial charge is 0.246 e. The number of hydrogen-bond donors (Lipinski definition) is 2. The summed E-state index contributed by atoms with van der Waals surface area (Å²) in [6.07, 6.45) is 0.584. The molecule has 0 unspecified atom stereocenters. The Morgan fingerprint density at radius 2 is 2.00 bits per heavy atom. The number of sulfonamides is 1. The van der Waals surface area contributed by atoms with Gasteiger partial charge in [-0.3, -0.25) is 0 Å². The molecule has 0 saturated heterocycles. The molecule has 3 N–H and O–H groups in total. The predicted molar refractivity (Wildman–Crippen MR) is 65.5 cm³/mol. The van der Waals surface area contributed by atoms with Crippen LogP contribution in [0.15, 0.2) is 23.1 Å². The average molecular weight is 260 g/mol. The first-order chi connectivity index (χ1) is 7.69. The maximum atomic E-state index is 13.5. The third kappa shape index (κ3) is 3.17. The third-order valence-electron chi connectivity index (χ3n) is 2.56. The predicted octanol–water partition coefficient (Wildman–Crippen LogP) is 1.87. The first-order valence-corrected chi connectivity index (χ1v) is 6.76. The molecule has 4 nitrogen and oxygen atoms in total. The largest absolute Gasteiger partial charge is 0.398 e. The quantitative estimate of drug-likeness (QED) is 0.812. The Bertz CT molecular complexity index is 492. The molecule has 6 heteroatoms. The Kier molecular flexibility index (Phi) is 3.78. The second kappa shape index (κ2) is 4.62. The van der Waals surface area contributed by atoms with E-state index < -0.39 is 26.3 Å². The minimum absolute atomic E-state index is 0.0931. The van der Waals surface area contributed by atoms with Crippen LogP contribution in [0.3, 0.4) is 0 Å². The Morgan fingerprint density at radius 3 is 2.47 bits per heavy atom. The lowest BCUT2D eigenvalue weighted by Crippen LogP contribution is -2.43. The van der Waals surface area contributed by atoms with Crippen LogP contribution in [-0.2, 0) is 10.0 Å². The zero-order chi connectivity index (χ0) is 13.3. The van der Waals surface area contributed by atoms with E-state index in [1.807, 2.05) is 6.92 Å². The fourth-order valence-corrected chi connectivity index (χ4v) is 2.97. The monoisotopic (exact) mass is 260 g/mol. The summed E-state index contributed by atoms with van der Waals surface area (Å²) in [5.41, 5.74) is 4.77. The zero-order valence-electron chi connectivity index (χ0n) is 10.1. The number of hydrogen-bond acceptors (Lipinski definition) is 3. The molecule has 17 heavy (non-hydrogen) atoms. The van der Waals surface area contributed by atoms with E-state index in [2.05, 4.69) is 4.72 Å². The summed E-state index contributed by atoms with van der Waals surface area (Å²) in [4.78, 5) is -0.485. The molecule has 0 aromatic heterocycles. The highest BCUT2D eigenvalue weighted by molar-refractivity contribution is 7.89. The molecule has 0 bridgehead atoms. The average Bonchev–Trinajstić information content (AvgIpc) is 2.15. The van der Waals surface area contributed by atoms with Gasteiger partial charge in [0.05, 0.1) is 5.69 Å². The zero-order valence-corrected chi connectivity index (χ0v) is 10.9. The van der Waals surface area contributed by atoms with Crippen LogP contribution in [0.5, 0.6) is 0 Å². The van der Waals surface area contributed by atoms with Gasteiger partial charge >= 0.3 is 0 Å². The number of halogens is 1. The van der Waals surface area contributed by atoms with Gasteiger partial charge < -0.3 is 5.73 Å². The van der Waals surface area contributed by atoms with E-state index in [-0.39, 0.29) is 5.69 Å². The first kappa shape index (κ1) is 13.9. The van der Waals surface area contributed by atoms with Crippen LogP contribution in [-0.4, -0.2) is 14.0 Å². The van der Waals surface area contributed by atoms with E-state index >= 15 is 0 Å². The van der Waals surface area contributed by atoms with Gasteiger partial charge in [-0.2, -0.15) is 0 Å². The Labute approximate surface area is 101 Å². The first-order valence-electron chi connectivity index (χ1n) is 5.27. The number of nitrogens with one attached hydrogen (secondary N) is 1. The molecule has 0 amide bonds. The highest BCUT2D eigenvalue weighted by atomic mass is 32.2. The Balaban J connectivity index is 3.24. The van der Waals surface area contributed by atoms with Crippen LogP contribution in [0.25, 0.3) is 0 Å². The number of benzene rings is 1. The summed E-state index contributed by atoms with van der Waals surface area (Å²) < 4.78 is 40.0. The number of nitrogen functional groups attached to an aromatic ring is 1. The van der Waals surface area contributed by atoms with Crippen molar-refractivity contribution in [2.75, 3.05) is 5.73 Å². The van der Waals surface area contributed by atoms with Gasteiger partial charge in [-0.1, -0.05) is 13.0 Å². The van der Waals surface area contributed by atoms with E-state index in [1.54, 1.807) is 13.8 Å². The van der Waals surface area contributed by atoms with Crippen LogP contribution < -0.4 is 10.5 Å². The maximum absolute atomic E-state index is 13.5. The van der Waals surface area contributed by atoms with Crippen LogP contribution in [0.2, 0.25) is 0 Å². The maximum Gasteiger partial charge on any atom is 0.246 e. The minimum Gasteiger partial charge on any atom is -0.398 e. The van der Waals surface area contributed by atoms with E-state index in [9.17, 15) is 12.8 Å². The molecular weight excluding hydrogens is 243 g/mol. The summed E-state index contributed by atoms with van der Waals surface area (Å²) in [6.45, 7) is 5.29. The molecule has 0 heterocycles. The topological polar surface area (TPSA) is 72.2 Å². The van der Waals surface area contributed by atoms with Crippen LogP contribution >= 0.6 is 0 Å². The lowest BCUT2D eigenvalue weighted by molar-refractivity contribution is 0.437. The SMILES string of the molecule is CCC(C)(C)NS(=O)(=O)c1c(N)cccc1F. The molecule has 0 saturated carbocycles. The fourth-order valence-electron chi connectivity index (χ4n) is 1.30. The van der Waals surface area contributed by atoms with Gasteiger partial charge in [-0.15, -0.1) is 0 Å². The fraction of sp³-hybridized carbons (Fsp3) is 0.455. The van der Waals surface area contributed by atoms with E-state index in [4.69, 9.17) is 5.73 Å². The van der Waals surface area contributed by atoms with Gasteiger partial charge in [0.15, 0.2) is 0 Å². The molecule has 96 valence electrons. The van der Waals surface area contributed by atoms with Crippen molar-refractivity contribution in [2.24, 2.45) is 0 Å². The van der Waals surface area contributed by atoms with E-state index in [1.165, 1.54) is 12.1 Å². The molecule has 0 atom stereocenters. The third-order valence-corrected chi connectivity index (χ3v) is 4.35. The highest BCUT2D eigenvalue weighted by Crippen LogP contribution is 2.23. The number of nitrogens with two attached hydrogens (primary N) is 1. The number of anilines is 1. The molecule has 1 aromatic rings. The molecule has 0 aliphatic heterocycles. The molecule has 0 aliphatic carbocycles. The van der Waals surface area contributed by atoms with Gasteiger partial charge in [0.1, 0.15) is 10.7 Å². The highest BCUT2D eigenvalue weighted by Gasteiger charge is 2.28. The summed E-state index contributed by atoms with van der Waals surface area (Å²) >= 11 is 0. The van der Waals surface area contributed by atoms with Crippen molar-refractivity contribution in [1.29, 1.82) is 0 Å². The van der Waals surface area contributed by atoms with Crippen LogP contribution in [0.1, 0.15) is 27.2 Å². The van der Waals surface area contributed by atoms with Crippen LogP contribution in [0.4, 0.5) is 10.1 Å². The van der Waals surface area contributed by atoms with Crippen LogP contribution in [0, 0.1) is 5.82 Å². The molecule has 0 fully saturated rings. The van der Waals surface area contributed by atoms with Crippen molar-refractivity contribution in [1.82, 2.24) is 4.72 Å². The van der Waals surface area contributed by atoms with Crippen molar-refractivity contribution in [3.63, 3.8) is 0 Å². The normalized spacial score (nSPS) is 12.7. The second-order valence-electron chi connectivity index (χ2n) is 4.50. The molecule has 1 aromatic carbocycles. The summed E-state index contributed by atoms with van der Waals surface area (Å²) in [7, 11) is -3.94. The molecule has 1 rings (SSSR count). The molecule has 0 aliphatic rings. The van der Waals surface area contributed by atoms with E-state index in [0.29, 0.717) is 6.42 Å². The minimum atomic E-state index is -3.94. The van der Waals surface area contributed by atoms with Crippen molar-refractivity contribution in [2.45, 2.75) is 37.6 Å². The summed E-state index contributed by atoms with van der Waals surface area (Å²) in [5, 5.41) is 0. The standard InChI is InChI=1S/C11H17FN2O2S/c1-4-11(2,3)14-17(15,16)10-8(12)6-5-7-9(10)13/h5-7,14H,4,13H2,1-3H3. The van der Waals surface area contributed by atoms with Crippen molar-refractivity contribution in [3.05, 3.63) is 24.0 Å². The van der Waals surface area contributed by atoms with Gasteiger partial charge in [-0.05, 0) is 32.4 Å². The van der Waals surface area contributed by atoms with Gasteiger partial charge in [0.2, 0.25) is 10.0 Å². The second-order valence-corrected chi connectivity index (χ2v) is 6.12. The molecule has 0 spiro atoms. The van der Waals surface area contributed by atoms with Gasteiger partial charge in [0, 0.05) is 5.54 Å². The van der Waals surface area contributed by atoms with Crippen molar-refractivity contribution in [3.8, 4) is 0 Å². The summed E-state index contributed by atoms with van der Waals surface area (Å²) in [5.74, 6) is -0.843. The van der Waals surface area contributed by atoms with Crippen molar-refractivity contribution < 1.29 is 12.8 Å². The van der Waals surface area contributed by atoms with Gasteiger partial charge in [-0.25, -0.2) is 17.5 Å². The number of rotatable bonds is 4. The summed E-state index contributed by atoms with van der Waals surface area (Å²) in [6, 6.07) is 3.80. The Morgan fingerprint density at radius 1 is 1.41 bits per heavy atom.